The van der Waals surface area contributed by atoms with Gasteiger partial charge in [-0.25, -0.2) is 11.1 Å². The summed E-state index contributed by atoms with van der Waals surface area (Å²) < 4.78 is 14.9. The zero-order valence-corrected chi connectivity index (χ0v) is 32.0. The SMILES string of the molecule is [W].[c-]1c2cccc1Oc1[c-]c(cc(-c3ccc(N(c4cccc(-c5ccccc5)c4)c4cccc5sc6ccccc6c45)cc3)c1)-c1[c-]c(ccc1)O2. The first-order valence-corrected chi connectivity index (χ1v) is 18.0. The van der Waals surface area contributed by atoms with Crippen LogP contribution in [0.15, 0.2) is 170 Å². The number of hydrogen-bond donors (Lipinski definition) is 0. The van der Waals surface area contributed by atoms with Gasteiger partial charge in [-0.15, -0.1) is 47.2 Å². The minimum Gasteiger partial charge on any atom is -0.504 e. The van der Waals surface area contributed by atoms with Crippen LogP contribution in [0.2, 0.25) is 0 Å². The summed E-state index contributed by atoms with van der Waals surface area (Å²) in [4.78, 5) is 2.38. The molecule has 5 heteroatoms. The number of nitrogens with zero attached hydrogens (tertiary/aromatic N) is 1. The summed E-state index contributed by atoms with van der Waals surface area (Å²) in [5.41, 5.74) is 9.45. The average molecular weight is 867 g/mol. The standard InChI is InChI=1S/C48H28NO2S.W/c1-2-10-32(11-3-1)34-12-6-14-39(27-34)49(45-19-9-21-47-48(45)44-18-4-5-20-46(44)52-47)38-24-22-33(23-25-38)36-26-37-30-43(29-36)51-42-17-8-16-41(31-42)50-40-15-7-13-35(37)28-40;/h1-27,29H;/q-3;. The first-order valence-electron chi connectivity index (χ1n) is 17.2. The smallest absolute Gasteiger partial charge is 0.0554 e. The number of anilines is 3. The van der Waals surface area contributed by atoms with Gasteiger partial charge in [-0.05, 0) is 59.2 Å². The van der Waals surface area contributed by atoms with Crippen LogP contribution in [0.3, 0.4) is 0 Å². The molecule has 0 saturated heterocycles. The van der Waals surface area contributed by atoms with Crippen molar-refractivity contribution in [3.05, 3.63) is 188 Å². The second-order valence-corrected chi connectivity index (χ2v) is 13.8. The Hall–Kier alpha value is -5.93. The molecule has 0 fully saturated rings. The third-order valence-electron chi connectivity index (χ3n) is 9.38. The zero-order chi connectivity index (χ0) is 34.4. The van der Waals surface area contributed by atoms with Crippen molar-refractivity contribution in [3.63, 3.8) is 0 Å². The summed E-state index contributed by atoms with van der Waals surface area (Å²) in [7, 11) is 0. The number of rotatable bonds is 5. The molecule has 8 aromatic carbocycles. The van der Waals surface area contributed by atoms with Crippen molar-refractivity contribution in [3.8, 4) is 56.4 Å². The summed E-state index contributed by atoms with van der Waals surface area (Å²) in [6.45, 7) is 0. The number of thiophene rings is 1. The maximum atomic E-state index is 6.31. The van der Waals surface area contributed by atoms with E-state index in [-0.39, 0.29) is 21.1 Å². The molecule has 1 aromatic heterocycles. The van der Waals surface area contributed by atoms with Crippen LogP contribution in [0.25, 0.3) is 53.6 Å². The Morgan fingerprint density at radius 2 is 1.06 bits per heavy atom. The summed E-state index contributed by atoms with van der Waals surface area (Å²) in [5.74, 6) is 2.34. The van der Waals surface area contributed by atoms with Gasteiger partial charge in [0.25, 0.3) is 0 Å². The van der Waals surface area contributed by atoms with E-state index in [2.05, 4.69) is 150 Å². The molecule has 1 aliphatic heterocycles. The minimum absolute atomic E-state index is 0. The average Bonchev–Trinajstić information content (AvgIpc) is 3.58. The van der Waals surface area contributed by atoms with Crippen LogP contribution < -0.4 is 14.4 Å². The normalized spacial score (nSPS) is 11.5. The van der Waals surface area contributed by atoms with Crippen LogP contribution in [0.1, 0.15) is 0 Å². The molecule has 0 radical (unpaired) electrons. The van der Waals surface area contributed by atoms with Crippen molar-refractivity contribution < 1.29 is 30.5 Å². The second-order valence-electron chi connectivity index (χ2n) is 12.7. The fraction of sp³-hybridized carbons (Fsp3) is 0. The molecule has 0 atom stereocenters. The molecule has 0 spiro atoms. The van der Waals surface area contributed by atoms with E-state index in [1.807, 2.05) is 53.8 Å². The predicted molar refractivity (Wildman–Crippen MR) is 213 cm³/mol. The fourth-order valence-electron chi connectivity index (χ4n) is 6.99. The Morgan fingerprint density at radius 1 is 0.415 bits per heavy atom. The fourth-order valence-corrected chi connectivity index (χ4v) is 8.11. The largest absolute Gasteiger partial charge is 0.504 e. The van der Waals surface area contributed by atoms with E-state index >= 15 is 0 Å². The molecular weight excluding hydrogens is 838 g/mol. The summed E-state index contributed by atoms with van der Waals surface area (Å²) in [6.07, 6.45) is 0. The summed E-state index contributed by atoms with van der Waals surface area (Å²) in [5, 5.41) is 2.51. The Morgan fingerprint density at radius 3 is 1.91 bits per heavy atom. The van der Waals surface area contributed by atoms with E-state index in [1.54, 1.807) is 0 Å². The van der Waals surface area contributed by atoms with E-state index in [1.165, 1.54) is 31.3 Å². The van der Waals surface area contributed by atoms with Crippen LogP contribution in [0.4, 0.5) is 17.1 Å². The molecule has 0 N–H and O–H groups in total. The van der Waals surface area contributed by atoms with Gasteiger partial charge in [-0.2, -0.15) is 24.3 Å². The van der Waals surface area contributed by atoms with E-state index in [0.29, 0.717) is 23.0 Å². The van der Waals surface area contributed by atoms with Crippen molar-refractivity contribution in [1.29, 1.82) is 0 Å². The van der Waals surface area contributed by atoms with Crippen molar-refractivity contribution in [2.75, 3.05) is 4.90 Å². The first-order chi connectivity index (χ1) is 25.7. The van der Waals surface area contributed by atoms with Crippen LogP contribution in [-0.2, 0) is 21.1 Å². The topological polar surface area (TPSA) is 21.7 Å². The van der Waals surface area contributed by atoms with Gasteiger partial charge in [-0.3, -0.25) is 0 Å². The minimum atomic E-state index is 0. The van der Waals surface area contributed by atoms with E-state index < -0.39 is 0 Å². The third kappa shape index (κ3) is 6.31. The van der Waals surface area contributed by atoms with E-state index in [9.17, 15) is 0 Å². The molecule has 0 amide bonds. The molecule has 252 valence electrons. The molecule has 10 rings (SSSR count). The van der Waals surface area contributed by atoms with Gasteiger partial charge >= 0.3 is 0 Å². The van der Waals surface area contributed by atoms with Crippen LogP contribution in [0.5, 0.6) is 23.0 Å². The number of benzene rings is 8. The molecule has 6 bridgehead atoms. The summed E-state index contributed by atoms with van der Waals surface area (Å²) >= 11 is 1.83. The summed E-state index contributed by atoms with van der Waals surface area (Å²) in [6, 6.07) is 69.2. The van der Waals surface area contributed by atoms with Gasteiger partial charge in [-0.1, -0.05) is 91.0 Å². The monoisotopic (exact) mass is 866 g/mol. The van der Waals surface area contributed by atoms with Crippen LogP contribution in [0, 0.1) is 18.2 Å². The maximum Gasteiger partial charge on any atom is 0.0554 e. The van der Waals surface area contributed by atoms with Crippen molar-refractivity contribution in [2.24, 2.45) is 0 Å². The second kappa shape index (κ2) is 13.9. The Labute approximate surface area is 326 Å². The Kier molecular flexibility index (Phi) is 8.63. The number of hydrogen-bond acceptors (Lipinski definition) is 4. The van der Waals surface area contributed by atoms with Crippen LogP contribution in [-0.4, -0.2) is 0 Å². The molecule has 0 saturated carbocycles. The molecule has 0 aliphatic carbocycles. The maximum absolute atomic E-state index is 6.31. The van der Waals surface area contributed by atoms with E-state index in [0.717, 1.165) is 39.3 Å². The van der Waals surface area contributed by atoms with Gasteiger partial charge < -0.3 is 14.4 Å². The number of ether oxygens (including phenoxy) is 2. The Balaban J connectivity index is 0.00000372. The third-order valence-corrected chi connectivity index (χ3v) is 10.5. The predicted octanol–water partition coefficient (Wildman–Crippen LogP) is 13.8. The molecule has 2 heterocycles. The van der Waals surface area contributed by atoms with Gasteiger partial charge in [0, 0.05) is 75.6 Å². The molecule has 53 heavy (non-hydrogen) atoms. The molecular formula is C48H28NO2SW-3. The number of fused-ring (bicyclic) bond motifs is 10. The van der Waals surface area contributed by atoms with Crippen LogP contribution >= 0.6 is 11.3 Å². The van der Waals surface area contributed by atoms with Crippen molar-refractivity contribution >= 4 is 48.6 Å². The van der Waals surface area contributed by atoms with Gasteiger partial charge in [0.15, 0.2) is 0 Å². The molecule has 1 aliphatic rings. The van der Waals surface area contributed by atoms with Crippen molar-refractivity contribution in [1.82, 2.24) is 0 Å². The van der Waals surface area contributed by atoms with E-state index in [4.69, 9.17) is 9.47 Å². The van der Waals surface area contributed by atoms with Crippen molar-refractivity contribution in [2.45, 2.75) is 0 Å². The van der Waals surface area contributed by atoms with Gasteiger partial charge in [0.05, 0.1) is 5.69 Å². The quantitative estimate of drug-likeness (QED) is 0.161. The molecule has 9 aromatic rings. The van der Waals surface area contributed by atoms with Gasteiger partial charge in [0.2, 0.25) is 0 Å². The zero-order valence-electron chi connectivity index (χ0n) is 28.2. The first kappa shape index (κ1) is 32.9. The molecule has 3 nitrogen and oxygen atoms in total. The Bertz CT molecular complexity index is 2760. The molecule has 0 unspecified atom stereocenters. The van der Waals surface area contributed by atoms with Gasteiger partial charge in [0.1, 0.15) is 0 Å².